The first kappa shape index (κ1) is 7.80. The first-order valence-corrected chi connectivity index (χ1v) is 4.90. The highest BCUT2D eigenvalue weighted by atomic mass is 79.9. The van der Waals surface area contributed by atoms with Gasteiger partial charge in [-0.05, 0) is 11.6 Å². The molecule has 1 aromatic carbocycles. The quantitative estimate of drug-likeness (QED) is 0.681. The Hall–Kier alpha value is -0.830. The molecule has 0 amide bonds. The molecule has 2 aromatic rings. The molecular weight excluding hydrogens is 216 g/mol. The van der Waals surface area contributed by atoms with Gasteiger partial charge in [-0.25, -0.2) is 0 Å². The predicted molar refractivity (Wildman–Crippen MR) is 53.3 cm³/mol. The molecule has 0 N–H and O–H groups in total. The van der Waals surface area contributed by atoms with Crippen molar-refractivity contribution >= 4 is 26.8 Å². The van der Waals surface area contributed by atoms with Crippen LogP contribution < -0.4 is 0 Å². The summed E-state index contributed by atoms with van der Waals surface area (Å²) in [5, 5.41) is 6.32. The van der Waals surface area contributed by atoms with E-state index in [-0.39, 0.29) is 0 Å². The van der Waals surface area contributed by atoms with Crippen LogP contribution in [0.5, 0.6) is 0 Å². The molecule has 0 bridgehead atoms. The Morgan fingerprint density at radius 2 is 2.33 bits per heavy atom. The fourth-order valence-corrected chi connectivity index (χ4v) is 1.84. The van der Waals surface area contributed by atoms with Crippen LogP contribution in [0.15, 0.2) is 24.4 Å². The van der Waals surface area contributed by atoms with Gasteiger partial charge in [-0.15, -0.1) is 0 Å². The average molecular weight is 225 g/mol. The summed E-state index contributed by atoms with van der Waals surface area (Å²) in [6.07, 6.45) is 1.91. The average Bonchev–Trinajstić information content (AvgIpc) is 2.48. The molecule has 1 aromatic heterocycles. The van der Waals surface area contributed by atoms with Crippen molar-refractivity contribution in [1.82, 2.24) is 9.78 Å². The topological polar surface area (TPSA) is 17.8 Å². The summed E-state index contributed by atoms with van der Waals surface area (Å²) in [5.74, 6) is 0. The number of benzene rings is 1. The number of aryl methyl sites for hydroxylation is 1. The standard InChI is InChI=1S/C9H9BrN2/c1-12-9-4-2-3-7(5-10)8(9)6-11-12/h2-4,6H,5H2,1H3. The lowest BCUT2D eigenvalue weighted by atomic mass is 10.1. The van der Waals surface area contributed by atoms with E-state index in [1.165, 1.54) is 16.5 Å². The van der Waals surface area contributed by atoms with Gasteiger partial charge in [-0.1, -0.05) is 28.1 Å². The number of rotatable bonds is 1. The fourth-order valence-electron chi connectivity index (χ4n) is 1.35. The predicted octanol–water partition coefficient (Wildman–Crippen LogP) is 2.47. The summed E-state index contributed by atoms with van der Waals surface area (Å²) in [7, 11) is 1.96. The van der Waals surface area contributed by atoms with Crippen molar-refractivity contribution in [2.75, 3.05) is 0 Å². The van der Waals surface area contributed by atoms with Gasteiger partial charge < -0.3 is 0 Å². The van der Waals surface area contributed by atoms with E-state index in [4.69, 9.17) is 0 Å². The number of hydrogen-bond donors (Lipinski definition) is 0. The number of aromatic nitrogens is 2. The monoisotopic (exact) mass is 224 g/mol. The highest BCUT2D eigenvalue weighted by Crippen LogP contribution is 2.19. The minimum absolute atomic E-state index is 0.885. The Labute approximate surface area is 79.3 Å². The van der Waals surface area contributed by atoms with Gasteiger partial charge in [0.1, 0.15) is 0 Å². The summed E-state index contributed by atoms with van der Waals surface area (Å²) in [6, 6.07) is 6.24. The third-order valence-electron chi connectivity index (χ3n) is 2.03. The van der Waals surface area contributed by atoms with Crippen molar-refractivity contribution in [3.8, 4) is 0 Å². The van der Waals surface area contributed by atoms with E-state index in [2.05, 4.69) is 39.2 Å². The van der Waals surface area contributed by atoms with E-state index in [1.807, 2.05) is 17.9 Å². The smallest absolute Gasteiger partial charge is 0.0682 e. The van der Waals surface area contributed by atoms with Gasteiger partial charge in [0.05, 0.1) is 11.7 Å². The Morgan fingerprint density at radius 1 is 1.50 bits per heavy atom. The highest BCUT2D eigenvalue weighted by molar-refractivity contribution is 9.08. The minimum atomic E-state index is 0.885. The van der Waals surface area contributed by atoms with Gasteiger partial charge in [-0.2, -0.15) is 5.10 Å². The zero-order chi connectivity index (χ0) is 8.55. The number of nitrogens with zero attached hydrogens (tertiary/aromatic N) is 2. The van der Waals surface area contributed by atoms with Crippen molar-refractivity contribution in [1.29, 1.82) is 0 Å². The maximum Gasteiger partial charge on any atom is 0.0682 e. The number of fused-ring (bicyclic) bond motifs is 1. The second kappa shape index (κ2) is 2.90. The Balaban J connectivity index is 2.81. The Morgan fingerprint density at radius 3 is 3.08 bits per heavy atom. The van der Waals surface area contributed by atoms with Crippen LogP contribution in [-0.2, 0) is 12.4 Å². The van der Waals surface area contributed by atoms with Gasteiger partial charge >= 0.3 is 0 Å². The van der Waals surface area contributed by atoms with Crippen molar-refractivity contribution in [3.63, 3.8) is 0 Å². The number of halogens is 1. The molecular formula is C9H9BrN2. The van der Waals surface area contributed by atoms with Crippen LogP contribution in [0.25, 0.3) is 10.9 Å². The lowest BCUT2D eigenvalue weighted by molar-refractivity contribution is 0.797. The van der Waals surface area contributed by atoms with E-state index in [1.54, 1.807) is 0 Å². The first-order valence-electron chi connectivity index (χ1n) is 3.78. The van der Waals surface area contributed by atoms with Crippen LogP contribution in [0.4, 0.5) is 0 Å². The van der Waals surface area contributed by atoms with Crippen LogP contribution in [0, 0.1) is 0 Å². The molecule has 0 atom stereocenters. The summed E-state index contributed by atoms with van der Waals surface area (Å²) < 4.78 is 1.89. The second-order valence-electron chi connectivity index (χ2n) is 2.75. The maximum atomic E-state index is 4.20. The zero-order valence-corrected chi connectivity index (χ0v) is 8.37. The molecule has 1 heterocycles. The lowest BCUT2D eigenvalue weighted by Gasteiger charge is -1.97. The van der Waals surface area contributed by atoms with Crippen LogP contribution in [0.3, 0.4) is 0 Å². The number of alkyl halides is 1. The zero-order valence-electron chi connectivity index (χ0n) is 6.79. The molecule has 2 rings (SSSR count). The minimum Gasteiger partial charge on any atom is -0.268 e. The van der Waals surface area contributed by atoms with Crippen molar-refractivity contribution in [2.45, 2.75) is 5.33 Å². The van der Waals surface area contributed by atoms with Crippen molar-refractivity contribution < 1.29 is 0 Å². The molecule has 0 saturated heterocycles. The van der Waals surface area contributed by atoms with Crippen LogP contribution in [0.1, 0.15) is 5.56 Å². The molecule has 0 radical (unpaired) electrons. The van der Waals surface area contributed by atoms with Gasteiger partial charge in [0, 0.05) is 17.8 Å². The maximum absolute atomic E-state index is 4.20. The third kappa shape index (κ3) is 1.05. The molecule has 0 spiro atoms. The van der Waals surface area contributed by atoms with E-state index in [0.717, 1.165) is 5.33 Å². The van der Waals surface area contributed by atoms with Crippen molar-refractivity contribution in [3.05, 3.63) is 30.0 Å². The molecule has 12 heavy (non-hydrogen) atoms. The molecule has 62 valence electrons. The summed E-state index contributed by atoms with van der Waals surface area (Å²) in [6.45, 7) is 0. The number of hydrogen-bond acceptors (Lipinski definition) is 1. The molecule has 0 aliphatic carbocycles. The van der Waals surface area contributed by atoms with Gasteiger partial charge in [-0.3, -0.25) is 4.68 Å². The molecule has 2 nitrogen and oxygen atoms in total. The van der Waals surface area contributed by atoms with E-state index >= 15 is 0 Å². The SMILES string of the molecule is Cn1ncc2c(CBr)cccc21. The fraction of sp³-hybridized carbons (Fsp3) is 0.222. The van der Waals surface area contributed by atoms with Gasteiger partial charge in [0.2, 0.25) is 0 Å². The molecule has 0 saturated carbocycles. The summed E-state index contributed by atoms with van der Waals surface area (Å²) >= 11 is 3.45. The lowest BCUT2D eigenvalue weighted by Crippen LogP contribution is -1.88. The molecule has 0 aliphatic heterocycles. The first-order chi connectivity index (χ1) is 5.83. The second-order valence-corrected chi connectivity index (χ2v) is 3.31. The third-order valence-corrected chi connectivity index (χ3v) is 2.63. The van der Waals surface area contributed by atoms with E-state index < -0.39 is 0 Å². The van der Waals surface area contributed by atoms with Crippen LogP contribution in [0.2, 0.25) is 0 Å². The Kier molecular flexibility index (Phi) is 1.89. The molecule has 0 unspecified atom stereocenters. The Bertz CT molecular complexity index is 406. The van der Waals surface area contributed by atoms with E-state index in [9.17, 15) is 0 Å². The largest absolute Gasteiger partial charge is 0.268 e. The molecule has 0 aliphatic rings. The van der Waals surface area contributed by atoms with Crippen LogP contribution >= 0.6 is 15.9 Å². The summed E-state index contributed by atoms with van der Waals surface area (Å²) in [5.41, 5.74) is 2.48. The molecule has 0 fully saturated rings. The summed E-state index contributed by atoms with van der Waals surface area (Å²) in [4.78, 5) is 0. The normalized spacial score (nSPS) is 10.8. The van der Waals surface area contributed by atoms with Crippen molar-refractivity contribution in [2.24, 2.45) is 7.05 Å². The van der Waals surface area contributed by atoms with Gasteiger partial charge in [0.25, 0.3) is 0 Å². The molecule has 3 heteroatoms. The van der Waals surface area contributed by atoms with Gasteiger partial charge in [0.15, 0.2) is 0 Å². The van der Waals surface area contributed by atoms with Crippen LogP contribution in [-0.4, -0.2) is 9.78 Å². The highest BCUT2D eigenvalue weighted by Gasteiger charge is 2.02. The van der Waals surface area contributed by atoms with E-state index in [0.29, 0.717) is 0 Å².